The van der Waals surface area contributed by atoms with Crippen LogP contribution in [0.5, 0.6) is 0 Å². The van der Waals surface area contributed by atoms with Gasteiger partial charge in [-0.25, -0.2) is 0 Å². The number of benzene rings is 4. The lowest BCUT2D eigenvalue weighted by Gasteiger charge is -2.37. The molecule has 174 valence electrons. The van der Waals surface area contributed by atoms with Crippen molar-refractivity contribution in [1.29, 1.82) is 0 Å². The van der Waals surface area contributed by atoms with Crippen molar-refractivity contribution in [3.63, 3.8) is 0 Å². The number of rotatable bonds is 3. The highest BCUT2D eigenvalue weighted by atomic mass is 79.9. The Labute approximate surface area is 214 Å². The van der Waals surface area contributed by atoms with E-state index in [-0.39, 0.29) is 17.7 Å². The number of allylic oxidation sites excluding steroid dienone is 1. The van der Waals surface area contributed by atoms with Crippen LogP contribution in [-0.2, 0) is 4.79 Å². The van der Waals surface area contributed by atoms with Crippen molar-refractivity contribution in [2.45, 2.75) is 24.8 Å². The lowest BCUT2D eigenvalue weighted by Crippen LogP contribution is -2.29. The molecule has 6 rings (SSSR count). The molecular weight excluding hydrogens is 496 g/mol. The van der Waals surface area contributed by atoms with Gasteiger partial charge in [0.25, 0.3) is 0 Å². The summed E-state index contributed by atoms with van der Waals surface area (Å²) in [6.07, 6.45) is 1.40. The number of fused-ring (bicyclic) bond motifs is 4. The second kappa shape index (κ2) is 8.69. The molecule has 4 heteroatoms. The van der Waals surface area contributed by atoms with Crippen molar-refractivity contribution < 1.29 is 4.79 Å². The Kier molecular flexibility index (Phi) is 5.49. The molecule has 1 N–H and O–H groups in total. The fourth-order valence-corrected chi connectivity index (χ4v) is 6.47. The third-order valence-corrected chi connectivity index (χ3v) is 8.02. The molecule has 2 aliphatic rings. The number of hydrogen-bond donors (Lipinski definition) is 1. The minimum Gasteiger partial charge on any atom is -0.377 e. The fourth-order valence-electron chi connectivity index (χ4n) is 5.72. The lowest BCUT2D eigenvalue weighted by molar-refractivity contribution is -0.116. The van der Waals surface area contributed by atoms with Gasteiger partial charge >= 0.3 is 0 Å². The second-order valence-electron chi connectivity index (χ2n) is 9.72. The highest BCUT2D eigenvalue weighted by Gasteiger charge is 2.38. The zero-order chi connectivity index (χ0) is 24.1. The average molecular weight is 523 g/mol. The third-order valence-electron chi connectivity index (χ3n) is 7.39. The van der Waals surface area contributed by atoms with Crippen molar-refractivity contribution in [1.82, 2.24) is 0 Å². The van der Waals surface area contributed by atoms with Gasteiger partial charge in [0.2, 0.25) is 0 Å². The maximum atomic E-state index is 13.9. The predicted octanol–water partition coefficient (Wildman–Crippen LogP) is 7.74. The van der Waals surface area contributed by atoms with Gasteiger partial charge < -0.3 is 10.2 Å². The van der Waals surface area contributed by atoms with Gasteiger partial charge in [0.15, 0.2) is 5.78 Å². The van der Waals surface area contributed by atoms with Crippen molar-refractivity contribution in [3.8, 4) is 0 Å². The van der Waals surface area contributed by atoms with E-state index in [9.17, 15) is 4.79 Å². The number of nitrogens with one attached hydrogen (secondary N) is 1. The van der Waals surface area contributed by atoms with Gasteiger partial charge in [0.1, 0.15) is 0 Å². The molecule has 0 amide bonds. The first kappa shape index (κ1) is 22.1. The largest absolute Gasteiger partial charge is 0.377 e. The summed E-state index contributed by atoms with van der Waals surface area (Å²) < 4.78 is 1.03. The molecule has 1 heterocycles. The number of ketones is 1. The highest BCUT2D eigenvalue weighted by molar-refractivity contribution is 9.10. The van der Waals surface area contributed by atoms with Gasteiger partial charge in [-0.3, -0.25) is 4.79 Å². The summed E-state index contributed by atoms with van der Waals surface area (Å²) in [5, 5.41) is 6.16. The minimum atomic E-state index is -0.171. The van der Waals surface area contributed by atoms with Crippen LogP contribution < -0.4 is 10.2 Å². The van der Waals surface area contributed by atoms with Crippen LogP contribution in [0.1, 0.15) is 41.5 Å². The minimum absolute atomic E-state index is 0.171. The number of hydrogen-bond acceptors (Lipinski definition) is 3. The highest BCUT2D eigenvalue weighted by Crippen LogP contribution is 2.51. The first-order valence-corrected chi connectivity index (χ1v) is 12.9. The molecule has 2 atom stereocenters. The molecule has 4 aromatic carbocycles. The first-order valence-electron chi connectivity index (χ1n) is 12.1. The van der Waals surface area contributed by atoms with E-state index in [1.807, 2.05) is 20.2 Å². The molecule has 0 bridgehead atoms. The molecule has 0 fully saturated rings. The van der Waals surface area contributed by atoms with E-state index in [0.29, 0.717) is 6.42 Å². The smallest absolute Gasteiger partial charge is 0.162 e. The molecule has 3 nitrogen and oxygen atoms in total. The Bertz CT molecular complexity index is 1490. The average Bonchev–Trinajstić information content (AvgIpc) is 2.88. The summed E-state index contributed by atoms with van der Waals surface area (Å²) in [5.41, 5.74) is 7.85. The quantitative estimate of drug-likeness (QED) is 0.298. The number of anilines is 2. The molecule has 0 saturated carbocycles. The summed E-state index contributed by atoms with van der Waals surface area (Å²) in [7, 11) is 4.07. The van der Waals surface area contributed by atoms with Crippen LogP contribution in [0, 0.1) is 0 Å². The Morgan fingerprint density at radius 2 is 1.63 bits per heavy atom. The van der Waals surface area contributed by atoms with E-state index in [0.717, 1.165) is 33.4 Å². The van der Waals surface area contributed by atoms with Crippen LogP contribution >= 0.6 is 15.9 Å². The normalized spacial score (nSPS) is 19.2. The Balaban J connectivity index is 1.55. The molecule has 0 spiro atoms. The van der Waals surface area contributed by atoms with Crippen molar-refractivity contribution in [3.05, 3.63) is 112 Å². The van der Waals surface area contributed by atoms with E-state index >= 15 is 0 Å². The van der Waals surface area contributed by atoms with Crippen LogP contribution in [0.2, 0.25) is 0 Å². The van der Waals surface area contributed by atoms with E-state index in [1.165, 1.54) is 27.5 Å². The van der Waals surface area contributed by atoms with Crippen LogP contribution in [0.25, 0.3) is 16.3 Å². The predicted molar refractivity (Wildman–Crippen MR) is 149 cm³/mol. The first-order chi connectivity index (χ1) is 17.0. The number of Topliss-reactive ketones (excluding diaryl/α,β-unsaturated/α-hetero) is 1. The number of halogens is 1. The summed E-state index contributed by atoms with van der Waals surface area (Å²) in [5.74, 6) is 0.430. The van der Waals surface area contributed by atoms with Crippen LogP contribution in [-0.4, -0.2) is 19.9 Å². The molecule has 2 unspecified atom stereocenters. The van der Waals surface area contributed by atoms with Gasteiger partial charge in [0.05, 0.1) is 11.7 Å². The van der Waals surface area contributed by atoms with Gasteiger partial charge in [-0.1, -0.05) is 66.7 Å². The van der Waals surface area contributed by atoms with Crippen LogP contribution in [0.15, 0.2) is 95.0 Å². The number of carbonyl (C=O) groups excluding carboxylic acids is 1. The summed E-state index contributed by atoms with van der Waals surface area (Å²) in [4.78, 5) is 16.0. The van der Waals surface area contributed by atoms with Gasteiger partial charge in [-0.2, -0.15) is 0 Å². The Morgan fingerprint density at radius 1 is 0.857 bits per heavy atom. The number of nitrogens with zero attached hydrogens (tertiary/aromatic N) is 1. The SMILES string of the molecule is CN(C)c1ccc(C2Nc3ccc4ccccc4c3C3=C2C(=O)CC(c2ccccc2)C3)cc1Br. The van der Waals surface area contributed by atoms with Crippen molar-refractivity contribution >= 4 is 49.4 Å². The van der Waals surface area contributed by atoms with Gasteiger partial charge in [-0.05, 0) is 73.9 Å². The van der Waals surface area contributed by atoms with E-state index in [4.69, 9.17) is 0 Å². The van der Waals surface area contributed by atoms with Crippen molar-refractivity contribution in [2.75, 3.05) is 24.3 Å². The monoisotopic (exact) mass is 522 g/mol. The van der Waals surface area contributed by atoms with Gasteiger partial charge in [-0.15, -0.1) is 0 Å². The van der Waals surface area contributed by atoms with E-state index < -0.39 is 0 Å². The molecular formula is C31H27BrN2O. The van der Waals surface area contributed by atoms with Gasteiger partial charge in [0, 0.05) is 41.8 Å². The third kappa shape index (κ3) is 3.77. The fraction of sp³-hybridized carbons (Fsp3) is 0.194. The zero-order valence-corrected chi connectivity index (χ0v) is 21.5. The Morgan fingerprint density at radius 3 is 2.40 bits per heavy atom. The maximum absolute atomic E-state index is 13.9. The number of carbonyl (C=O) groups is 1. The molecule has 1 aliphatic heterocycles. The van der Waals surface area contributed by atoms with Crippen molar-refractivity contribution in [2.24, 2.45) is 0 Å². The zero-order valence-electron chi connectivity index (χ0n) is 19.9. The Hall–Kier alpha value is -3.37. The second-order valence-corrected chi connectivity index (χ2v) is 10.6. The molecule has 1 aliphatic carbocycles. The summed E-state index contributed by atoms with van der Waals surface area (Å²) >= 11 is 3.75. The standard InChI is InChI=1S/C31H27BrN2O/c1-34(2)27-15-13-21(17-25(27)32)31-30-24(16-22(18-28(30)35)19-8-4-3-5-9-19)29-23-11-7-6-10-20(23)12-14-26(29)33-31/h3-15,17,22,31,33H,16,18H2,1-2H3. The summed E-state index contributed by atoms with van der Waals surface area (Å²) in [6.45, 7) is 0. The topological polar surface area (TPSA) is 32.3 Å². The van der Waals surface area contributed by atoms with Crippen LogP contribution in [0.3, 0.4) is 0 Å². The molecule has 0 aromatic heterocycles. The summed E-state index contributed by atoms with van der Waals surface area (Å²) in [6, 6.07) is 29.6. The molecule has 0 saturated heterocycles. The van der Waals surface area contributed by atoms with Crippen LogP contribution in [0.4, 0.5) is 11.4 Å². The van der Waals surface area contributed by atoms with E-state index in [1.54, 1.807) is 0 Å². The molecule has 4 aromatic rings. The van der Waals surface area contributed by atoms with E-state index in [2.05, 4.69) is 105 Å². The lowest BCUT2D eigenvalue weighted by atomic mass is 9.71. The maximum Gasteiger partial charge on any atom is 0.162 e. The molecule has 35 heavy (non-hydrogen) atoms. The molecule has 0 radical (unpaired) electrons.